The topological polar surface area (TPSA) is 65.5 Å². The van der Waals surface area contributed by atoms with E-state index in [-0.39, 0.29) is 12.4 Å². The van der Waals surface area contributed by atoms with Gasteiger partial charge in [-0.15, -0.1) is 0 Å². The zero-order valence-corrected chi connectivity index (χ0v) is 12.6. The summed E-state index contributed by atoms with van der Waals surface area (Å²) in [4.78, 5) is 15.3. The normalized spacial score (nSPS) is 11.5. The molecular weight excluding hydrogens is 284 g/mol. The van der Waals surface area contributed by atoms with E-state index in [1.165, 1.54) is 0 Å². The molecule has 3 rings (SSSR count). The molecule has 0 radical (unpaired) electrons. The van der Waals surface area contributed by atoms with Crippen LogP contribution in [0.15, 0.2) is 35.1 Å². The maximum atomic E-state index is 12.5. The van der Waals surface area contributed by atoms with Crippen molar-refractivity contribution >= 4 is 21.8 Å². The number of para-hydroxylation sites is 1. The SMILES string of the molecule is COCOCc1cc2c3ccccc3n(COC)c2c(=O)[nH]1. The number of methoxy groups -OCH3 is 2. The molecule has 22 heavy (non-hydrogen) atoms. The lowest BCUT2D eigenvalue weighted by molar-refractivity contribution is -0.0401. The molecule has 0 spiro atoms. The standard InChI is InChI=1S/C16H18N2O4/c1-20-9-18-14-6-4-3-5-12(14)13-7-11(8-22-10-21-2)17-16(19)15(13)18/h3-7H,8-10H2,1-2H3,(H,17,19). The lowest BCUT2D eigenvalue weighted by Crippen LogP contribution is -2.14. The van der Waals surface area contributed by atoms with Crippen LogP contribution in [0.4, 0.5) is 0 Å². The highest BCUT2D eigenvalue weighted by atomic mass is 16.7. The number of pyridine rings is 1. The van der Waals surface area contributed by atoms with Crippen LogP contribution in [-0.4, -0.2) is 30.6 Å². The molecule has 0 aliphatic carbocycles. The Morgan fingerprint density at radius 2 is 1.95 bits per heavy atom. The highest BCUT2D eigenvalue weighted by Crippen LogP contribution is 2.27. The van der Waals surface area contributed by atoms with Crippen molar-refractivity contribution in [2.45, 2.75) is 13.3 Å². The van der Waals surface area contributed by atoms with Crippen LogP contribution in [0, 0.1) is 0 Å². The van der Waals surface area contributed by atoms with E-state index in [0.29, 0.717) is 18.9 Å². The Hall–Kier alpha value is -2.15. The second kappa shape index (κ2) is 6.31. The van der Waals surface area contributed by atoms with E-state index in [1.54, 1.807) is 14.2 Å². The van der Waals surface area contributed by atoms with Crippen molar-refractivity contribution in [3.8, 4) is 0 Å². The summed E-state index contributed by atoms with van der Waals surface area (Å²) in [6.07, 6.45) is 0. The summed E-state index contributed by atoms with van der Waals surface area (Å²) < 4.78 is 17.3. The lowest BCUT2D eigenvalue weighted by atomic mass is 10.1. The molecule has 0 bridgehead atoms. The zero-order chi connectivity index (χ0) is 15.5. The van der Waals surface area contributed by atoms with Gasteiger partial charge < -0.3 is 23.8 Å². The minimum absolute atomic E-state index is 0.151. The van der Waals surface area contributed by atoms with Crippen molar-refractivity contribution < 1.29 is 14.2 Å². The summed E-state index contributed by atoms with van der Waals surface area (Å²) in [7, 11) is 3.17. The third-order valence-electron chi connectivity index (χ3n) is 3.53. The van der Waals surface area contributed by atoms with E-state index in [0.717, 1.165) is 22.0 Å². The highest BCUT2D eigenvalue weighted by molar-refractivity contribution is 6.07. The number of benzene rings is 1. The number of ether oxygens (including phenoxy) is 3. The molecular formula is C16H18N2O4. The molecule has 0 amide bonds. The van der Waals surface area contributed by atoms with Crippen LogP contribution in [0.1, 0.15) is 5.69 Å². The number of hydrogen-bond donors (Lipinski definition) is 1. The Labute approximate surface area is 127 Å². The summed E-state index contributed by atoms with van der Waals surface area (Å²) in [5, 5.41) is 1.92. The molecule has 0 fully saturated rings. The Morgan fingerprint density at radius 1 is 1.14 bits per heavy atom. The molecule has 0 saturated carbocycles. The summed E-state index contributed by atoms with van der Waals surface area (Å²) in [6.45, 7) is 0.806. The van der Waals surface area contributed by atoms with Crippen molar-refractivity contribution in [3.05, 3.63) is 46.4 Å². The second-order valence-corrected chi connectivity index (χ2v) is 5.00. The van der Waals surface area contributed by atoms with Crippen LogP contribution in [0.25, 0.3) is 21.8 Å². The Morgan fingerprint density at radius 3 is 2.73 bits per heavy atom. The monoisotopic (exact) mass is 302 g/mol. The molecule has 0 saturated heterocycles. The molecule has 1 N–H and O–H groups in total. The average molecular weight is 302 g/mol. The van der Waals surface area contributed by atoms with Crippen LogP contribution in [-0.2, 0) is 27.5 Å². The van der Waals surface area contributed by atoms with Crippen molar-refractivity contribution in [3.63, 3.8) is 0 Å². The largest absolute Gasteiger partial charge is 0.364 e. The fourth-order valence-corrected chi connectivity index (χ4v) is 2.71. The van der Waals surface area contributed by atoms with Crippen LogP contribution in [0.5, 0.6) is 0 Å². The van der Waals surface area contributed by atoms with Gasteiger partial charge in [-0.3, -0.25) is 4.79 Å². The first-order valence-corrected chi connectivity index (χ1v) is 6.95. The maximum absolute atomic E-state index is 12.5. The maximum Gasteiger partial charge on any atom is 0.272 e. The van der Waals surface area contributed by atoms with Gasteiger partial charge in [0.2, 0.25) is 0 Å². The predicted molar refractivity (Wildman–Crippen MR) is 83.7 cm³/mol. The third kappa shape index (κ3) is 2.52. The first-order valence-electron chi connectivity index (χ1n) is 6.95. The molecule has 2 heterocycles. The lowest BCUT2D eigenvalue weighted by Gasteiger charge is -2.06. The van der Waals surface area contributed by atoms with E-state index in [2.05, 4.69) is 4.98 Å². The summed E-state index contributed by atoms with van der Waals surface area (Å²) in [5.74, 6) is 0. The fraction of sp³-hybridized carbons (Fsp3) is 0.312. The first-order chi connectivity index (χ1) is 10.8. The quantitative estimate of drug-likeness (QED) is 0.560. The molecule has 6 heteroatoms. The number of fused-ring (bicyclic) bond motifs is 3. The van der Waals surface area contributed by atoms with Crippen molar-refractivity contribution in [1.82, 2.24) is 9.55 Å². The van der Waals surface area contributed by atoms with Gasteiger partial charge >= 0.3 is 0 Å². The molecule has 6 nitrogen and oxygen atoms in total. The molecule has 0 aliphatic heterocycles. The van der Waals surface area contributed by atoms with Gasteiger partial charge in [0.25, 0.3) is 5.56 Å². The van der Waals surface area contributed by atoms with Gasteiger partial charge in [0, 0.05) is 30.7 Å². The number of nitrogens with zero attached hydrogens (tertiary/aromatic N) is 1. The molecule has 0 aliphatic rings. The molecule has 1 aromatic carbocycles. The van der Waals surface area contributed by atoms with Crippen molar-refractivity contribution in [1.29, 1.82) is 0 Å². The number of nitrogens with one attached hydrogen (secondary N) is 1. The number of hydrogen-bond acceptors (Lipinski definition) is 4. The van der Waals surface area contributed by atoms with Gasteiger partial charge in [0.05, 0.1) is 12.1 Å². The molecule has 3 aromatic rings. The minimum atomic E-state index is -0.151. The minimum Gasteiger partial charge on any atom is -0.364 e. The number of rotatable bonds is 6. The van der Waals surface area contributed by atoms with Crippen LogP contribution >= 0.6 is 0 Å². The fourth-order valence-electron chi connectivity index (χ4n) is 2.71. The highest BCUT2D eigenvalue weighted by Gasteiger charge is 2.14. The van der Waals surface area contributed by atoms with Gasteiger partial charge in [-0.2, -0.15) is 0 Å². The van der Waals surface area contributed by atoms with E-state index >= 15 is 0 Å². The zero-order valence-electron chi connectivity index (χ0n) is 12.6. The Bertz CT molecular complexity index is 850. The van der Waals surface area contributed by atoms with E-state index in [1.807, 2.05) is 34.9 Å². The molecule has 0 atom stereocenters. The van der Waals surface area contributed by atoms with Crippen molar-refractivity contribution in [2.24, 2.45) is 0 Å². The van der Waals surface area contributed by atoms with Crippen molar-refractivity contribution in [2.75, 3.05) is 21.0 Å². The van der Waals surface area contributed by atoms with Crippen LogP contribution in [0.2, 0.25) is 0 Å². The van der Waals surface area contributed by atoms with Gasteiger partial charge in [-0.1, -0.05) is 18.2 Å². The number of H-pyrrole nitrogens is 1. The van der Waals surface area contributed by atoms with E-state index in [9.17, 15) is 4.79 Å². The van der Waals surface area contributed by atoms with Gasteiger partial charge in [-0.05, 0) is 12.1 Å². The average Bonchev–Trinajstić information content (AvgIpc) is 2.83. The van der Waals surface area contributed by atoms with Gasteiger partial charge in [0.15, 0.2) is 0 Å². The third-order valence-corrected chi connectivity index (χ3v) is 3.53. The second-order valence-electron chi connectivity index (χ2n) is 5.00. The van der Waals surface area contributed by atoms with E-state index < -0.39 is 0 Å². The van der Waals surface area contributed by atoms with Crippen LogP contribution in [0.3, 0.4) is 0 Å². The molecule has 2 aromatic heterocycles. The van der Waals surface area contributed by atoms with E-state index in [4.69, 9.17) is 14.2 Å². The summed E-state index contributed by atoms with van der Waals surface area (Å²) >= 11 is 0. The first kappa shape index (κ1) is 14.8. The van der Waals surface area contributed by atoms with Gasteiger partial charge in [-0.25, -0.2) is 0 Å². The smallest absolute Gasteiger partial charge is 0.272 e. The number of aromatic nitrogens is 2. The predicted octanol–water partition coefficient (Wildman–Crippen LogP) is 2.21. The van der Waals surface area contributed by atoms with Crippen LogP contribution < -0.4 is 5.56 Å². The Kier molecular flexibility index (Phi) is 4.24. The summed E-state index contributed by atoms with van der Waals surface area (Å²) in [6, 6.07) is 9.84. The molecule has 0 unspecified atom stereocenters. The molecule has 116 valence electrons. The van der Waals surface area contributed by atoms with Gasteiger partial charge in [0.1, 0.15) is 19.0 Å². The Balaban J connectivity index is 2.20. The number of aromatic amines is 1. The summed E-state index contributed by atoms with van der Waals surface area (Å²) in [5.41, 5.74) is 2.15.